The van der Waals surface area contributed by atoms with Crippen molar-refractivity contribution in [3.63, 3.8) is 0 Å². The van der Waals surface area contributed by atoms with Crippen LogP contribution in [0, 0.1) is 31.6 Å². The van der Waals surface area contributed by atoms with Gasteiger partial charge < -0.3 is 9.73 Å². The standard InChI is InChI=1S/C16H29NO/c1-8-17-16(15(10(2)3)11(4)5)14-9-12(6)13(7)18-14/h9-11,15-17H,8H2,1-7H3. The topological polar surface area (TPSA) is 25.2 Å². The van der Waals surface area contributed by atoms with Gasteiger partial charge in [-0.1, -0.05) is 34.6 Å². The van der Waals surface area contributed by atoms with E-state index >= 15 is 0 Å². The van der Waals surface area contributed by atoms with E-state index in [1.165, 1.54) is 5.56 Å². The van der Waals surface area contributed by atoms with Gasteiger partial charge in [0.25, 0.3) is 0 Å². The largest absolute Gasteiger partial charge is 0.464 e. The lowest BCUT2D eigenvalue weighted by Crippen LogP contribution is -2.34. The van der Waals surface area contributed by atoms with Gasteiger partial charge in [0.2, 0.25) is 0 Å². The molecule has 0 saturated carbocycles. The molecular formula is C16H29NO. The van der Waals surface area contributed by atoms with Crippen LogP contribution in [0.5, 0.6) is 0 Å². The summed E-state index contributed by atoms with van der Waals surface area (Å²) in [6.07, 6.45) is 0. The Morgan fingerprint density at radius 2 is 1.67 bits per heavy atom. The highest BCUT2D eigenvalue weighted by Crippen LogP contribution is 2.35. The third kappa shape index (κ3) is 3.38. The van der Waals surface area contributed by atoms with Crippen LogP contribution >= 0.6 is 0 Å². The molecule has 0 radical (unpaired) electrons. The fourth-order valence-electron chi connectivity index (χ4n) is 2.94. The van der Waals surface area contributed by atoms with Crippen molar-refractivity contribution in [3.05, 3.63) is 23.2 Å². The van der Waals surface area contributed by atoms with Crippen molar-refractivity contribution in [2.45, 2.75) is 54.5 Å². The minimum Gasteiger partial charge on any atom is -0.464 e. The van der Waals surface area contributed by atoms with E-state index in [2.05, 4.69) is 52.9 Å². The van der Waals surface area contributed by atoms with E-state index in [0.717, 1.165) is 18.1 Å². The van der Waals surface area contributed by atoms with Gasteiger partial charge in [-0.2, -0.15) is 0 Å². The first-order valence-corrected chi connectivity index (χ1v) is 7.18. The number of nitrogens with one attached hydrogen (secondary N) is 1. The maximum atomic E-state index is 5.95. The average Bonchev–Trinajstić information content (AvgIpc) is 2.57. The molecular weight excluding hydrogens is 222 g/mol. The van der Waals surface area contributed by atoms with E-state index in [-0.39, 0.29) is 0 Å². The molecule has 0 saturated heterocycles. The van der Waals surface area contributed by atoms with Crippen LogP contribution < -0.4 is 5.32 Å². The highest BCUT2D eigenvalue weighted by Gasteiger charge is 2.30. The molecule has 0 amide bonds. The third-order valence-corrected chi connectivity index (χ3v) is 3.84. The fourth-order valence-corrected chi connectivity index (χ4v) is 2.94. The van der Waals surface area contributed by atoms with Gasteiger partial charge in [0.05, 0.1) is 6.04 Å². The molecule has 104 valence electrons. The van der Waals surface area contributed by atoms with Crippen molar-refractivity contribution in [2.24, 2.45) is 17.8 Å². The molecule has 2 nitrogen and oxygen atoms in total. The minimum atomic E-state index is 0.322. The molecule has 1 atom stereocenters. The Morgan fingerprint density at radius 1 is 1.11 bits per heavy atom. The number of rotatable bonds is 6. The van der Waals surface area contributed by atoms with Gasteiger partial charge in [0.15, 0.2) is 0 Å². The quantitative estimate of drug-likeness (QED) is 0.806. The van der Waals surface area contributed by atoms with Crippen LogP contribution in [0.4, 0.5) is 0 Å². The minimum absolute atomic E-state index is 0.322. The summed E-state index contributed by atoms with van der Waals surface area (Å²) >= 11 is 0. The van der Waals surface area contributed by atoms with Crippen molar-refractivity contribution in [2.75, 3.05) is 6.54 Å². The zero-order chi connectivity index (χ0) is 13.9. The third-order valence-electron chi connectivity index (χ3n) is 3.84. The molecule has 0 aliphatic carbocycles. The maximum Gasteiger partial charge on any atom is 0.121 e. The molecule has 0 aliphatic heterocycles. The Kier molecular flexibility index (Phi) is 5.46. The smallest absolute Gasteiger partial charge is 0.121 e. The van der Waals surface area contributed by atoms with E-state index in [1.54, 1.807) is 0 Å². The van der Waals surface area contributed by atoms with Crippen LogP contribution in [0.2, 0.25) is 0 Å². The first-order valence-electron chi connectivity index (χ1n) is 7.18. The Labute approximate surface area is 112 Å². The lowest BCUT2D eigenvalue weighted by molar-refractivity contribution is 0.190. The highest BCUT2D eigenvalue weighted by molar-refractivity contribution is 5.21. The van der Waals surface area contributed by atoms with Crippen LogP contribution in [-0.2, 0) is 0 Å². The summed E-state index contributed by atoms with van der Waals surface area (Å²) < 4.78 is 5.95. The Balaban J connectivity index is 3.07. The summed E-state index contributed by atoms with van der Waals surface area (Å²) in [5, 5.41) is 3.61. The van der Waals surface area contributed by atoms with Crippen LogP contribution in [-0.4, -0.2) is 6.54 Å². The first-order chi connectivity index (χ1) is 8.38. The molecule has 1 aromatic rings. The molecule has 0 aliphatic rings. The Bertz CT molecular complexity index is 338. The Hall–Kier alpha value is -0.760. The van der Waals surface area contributed by atoms with Gasteiger partial charge in [-0.3, -0.25) is 0 Å². The van der Waals surface area contributed by atoms with Gasteiger partial charge in [-0.05, 0) is 49.8 Å². The summed E-state index contributed by atoms with van der Waals surface area (Å²) in [6, 6.07) is 2.52. The van der Waals surface area contributed by atoms with Gasteiger partial charge in [0, 0.05) is 0 Å². The summed E-state index contributed by atoms with van der Waals surface area (Å²) in [5.74, 6) is 4.01. The SMILES string of the molecule is CCNC(c1cc(C)c(C)o1)C(C(C)C)C(C)C. The molecule has 2 heteroatoms. The molecule has 0 aromatic carbocycles. The number of furan rings is 1. The second-order valence-electron chi connectivity index (χ2n) is 5.99. The summed E-state index contributed by atoms with van der Waals surface area (Å²) in [7, 11) is 0. The van der Waals surface area contributed by atoms with E-state index in [1.807, 2.05) is 6.92 Å². The zero-order valence-corrected chi connectivity index (χ0v) is 13.0. The van der Waals surface area contributed by atoms with Crippen molar-refractivity contribution in [1.29, 1.82) is 0 Å². The molecule has 18 heavy (non-hydrogen) atoms. The van der Waals surface area contributed by atoms with Crippen LogP contribution in [0.3, 0.4) is 0 Å². The summed E-state index contributed by atoms with van der Waals surface area (Å²) in [4.78, 5) is 0. The predicted octanol–water partition coefficient (Wildman–Crippen LogP) is 4.48. The first kappa shape index (κ1) is 15.3. The van der Waals surface area contributed by atoms with Crippen molar-refractivity contribution in [3.8, 4) is 0 Å². The number of hydrogen-bond donors (Lipinski definition) is 1. The van der Waals surface area contributed by atoms with Crippen molar-refractivity contribution >= 4 is 0 Å². The van der Waals surface area contributed by atoms with Gasteiger partial charge >= 0.3 is 0 Å². The predicted molar refractivity (Wildman–Crippen MR) is 77.8 cm³/mol. The molecule has 1 heterocycles. The normalized spacial score (nSPS) is 13.9. The van der Waals surface area contributed by atoms with Crippen LogP contribution in [0.1, 0.15) is 57.7 Å². The van der Waals surface area contributed by atoms with E-state index in [0.29, 0.717) is 23.8 Å². The van der Waals surface area contributed by atoms with Crippen LogP contribution in [0.25, 0.3) is 0 Å². The second-order valence-corrected chi connectivity index (χ2v) is 5.99. The molecule has 0 fully saturated rings. The number of aryl methyl sites for hydroxylation is 2. The van der Waals surface area contributed by atoms with Gasteiger partial charge in [-0.25, -0.2) is 0 Å². The van der Waals surface area contributed by atoms with Crippen molar-refractivity contribution in [1.82, 2.24) is 5.32 Å². The van der Waals surface area contributed by atoms with E-state index in [9.17, 15) is 0 Å². The molecule has 0 spiro atoms. The van der Waals surface area contributed by atoms with E-state index < -0.39 is 0 Å². The summed E-state index contributed by atoms with van der Waals surface area (Å²) in [5.41, 5.74) is 1.25. The lowest BCUT2D eigenvalue weighted by Gasteiger charge is -2.32. The van der Waals surface area contributed by atoms with Gasteiger partial charge in [0.1, 0.15) is 11.5 Å². The average molecular weight is 251 g/mol. The Morgan fingerprint density at radius 3 is 2.00 bits per heavy atom. The second kappa shape index (κ2) is 6.42. The molecule has 1 aromatic heterocycles. The maximum absolute atomic E-state index is 5.95. The fraction of sp³-hybridized carbons (Fsp3) is 0.750. The lowest BCUT2D eigenvalue weighted by atomic mass is 9.79. The van der Waals surface area contributed by atoms with Crippen LogP contribution in [0.15, 0.2) is 10.5 Å². The molecule has 1 N–H and O–H groups in total. The molecule has 0 bridgehead atoms. The molecule has 1 unspecified atom stereocenters. The van der Waals surface area contributed by atoms with Gasteiger partial charge in [-0.15, -0.1) is 0 Å². The monoisotopic (exact) mass is 251 g/mol. The highest BCUT2D eigenvalue weighted by atomic mass is 16.3. The molecule has 1 rings (SSSR count). The van der Waals surface area contributed by atoms with E-state index in [4.69, 9.17) is 4.42 Å². The zero-order valence-electron chi connectivity index (χ0n) is 13.0. The van der Waals surface area contributed by atoms with Crippen molar-refractivity contribution < 1.29 is 4.42 Å². The summed E-state index contributed by atoms with van der Waals surface area (Å²) in [6.45, 7) is 16.5. The number of hydrogen-bond acceptors (Lipinski definition) is 2.